The van der Waals surface area contributed by atoms with Gasteiger partial charge in [0.25, 0.3) is 11.5 Å². The number of hydrogen-bond acceptors (Lipinski definition) is 5. The molecule has 0 spiro atoms. The maximum atomic E-state index is 13.3. The number of hydrogen-bond donors (Lipinski definition) is 1. The smallest absolute Gasteiger partial charge is 0.290 e. The summed E-state index contributed by atoms with van der Waals surface area (Å²) in [7, 11) is 0. The molecule has 3 aromatic rings. The van der Waals surface area contributed by atoms with Gasteiger partial charge in [0.1, 0.15) is 17.4 Å². The fourth-order valence-corrected chi connectivity index (χ4v) is 4.23. The van der Waals surface area contributed by atoms with Gasteiger partial charge in [0.2, 0.25) is 0 Å². The van der Waals surface area contributed by atoms with Crippen molar-refractivity contribution in [3.8, 4) is 10.6 Å². The Bertz CT molecular complexity index is 1060. The number of carbonyl (C=O) groups is 1. The fraction of sp³-hybridized carbons (Fsp3) is 0.250. The molecule has 0 aliphatic carbocycles. The van der Waals surface area contributed by atoms with Crippen molar-refractivity contribution in [2.75, 3.05) is 10.6 Å². The lowest BCUT2D eigenvalue weighted by Crippen LogP contribution is -2.43. The normalized spacial score (nSPS) is 17.0. The van der Waals surface area contributed by atoms with Gasteiger partial charge in [0.05, 0.1) is 4.88 Å². The van der Waals surface area contributed by atoms with Gasteiger partial charge in [-0.2, -0.15) is 5.10 Å². The summed E-state index contributed by atoms with van der Waals surface area (Å²) in [6.45, 7) is 3.71. The van der Waals surface area contributed by atoms with Crippen molar-refractivity contribution in [1.29, 1.82) is 0 Å². The van der Waals surface area contributed by atoms with Gasteiger partial charge >= 0.3 is 0 Å². The van der Waals surface area contributed by atoms with Gasteiger partial charge in [-0.3, -0.25) is 9.59 Å². The minimum absolute atomic E-state index is 0.0332. The predicted molar refractivity (Wildman–Crippen MR) is 108 cm³/mol. The molecule has 0 fully saturated rings. The van der Waals surface area contributed by atoms with Crippen molar-refractivity contribution in [2.45, 2.75) is 32.4 Å². The molecule has 1 amide bonds. The minimum Gasteiger partial charge on any atom is -0.394 e. The maximum absolute atomic E-state index is 13.3. The van der Waals surface area contributed by atoms with Gasteiger partial charge in [-0.1, -0.05) is 24.3 Å². The zero-order chi connectivity index (χ0) is 19.1. The van der Waals surface area contributed by atoms with Crippen molar-refractivity contribution in [2.24, 2.45) is 0 Å². The molecule has 27 heavy (non-hydrogen) atoms. The molecule has 0 radical (unpaired) electrons. The van der Waals surface area contributed by atoms with E-state index in [-0.39, 0.29) is 17.6 Å². The number of para-hydroxylation sites is 1. The molecule has 6 nitrogen and oxygen atoms in total. The lowest BCUT2D eigenvalue weighted by Gasteiger charge is -2.26. The van der Waals surface area contributed by atoms with E-state index in [1.807, 2.05) is 48.7 Å². The van der Waals surface area contributed by atoms with Gasteiger partial charge in [-0.15, -0.1) is 11.3 Å². The largest absolute Gasteiger partial charge is 0.394 e. The monoisotopic (exact) mass is 380 g/mol. The topological polar surface area (TPSA) is 81.2 Å². The van der Waals surface area contributed by atoms with Crippen LogP contribution in [0.1, 0.15) is 25.5 Å². The van der Waals surface area contributed by atoms with E-state index in [1.54, 1.807) is 17.9 Å². The number of nitrogens with two attached hydrogens (primary N) is 1. The quantitative estimate of drug-likeness (QED) is 0.757. The number of amides is 1. The summed E-state index contributed by atoms with van der Waals surface area (Å²) >= 11 is 1.51. The molecule has 1 aromatic carbocycles. The highest BCUT2D eigenvalue weighted by Crippen LogP contribution is 2.33. The van der Waals surface area contributed by atoms with Crippen molar-refractivity contribution in [3.63, 3.8) is 0 Å². The molecular weight excluding hydrogens is 360 g/mol. The summed E-state index contributed by atoms with van der Waals surface area (Å²) in [5.74, 6) is -0.162. The summed E-state index contributed by atoms with van der Waals surface area (Å²) in [5.41, 5.74) is 8.20. The average molecular weight is 380 g/mol. The first kappa shape index (κ1) is 17.5. The molecular formula is C20H20N4O2S. The van der Waals surface area contributed by atoms with Crippen molar-refractivity contribution in [3.05, 3.63) is 63.8 Å². The lowest BCUT2D eigenvalue weighted by atomic mass is 10.1. The van der Waals surface area contributed by atoms with Crippen LogP contribution in [0.2, 0.25) is 0 Å². The van der Waals surface area contributed by atoms with E-state index in [0.717, 1.165) is 22.5 Å². The highest BCUT2D eigenvalue weighted by molar-refractivity contribution is 7.13. The number of carbonyl (C=O) groups excluding carboxylic acids is 1. The fourth-order valence-electron chi connectivity index (χ4n) is 3.55. The van der Waals surface area contributed by atoms with Gasteiger partial charge in [-0.25, -0.2) is 4.68 Å². The Kier molecular flexibility index (Phi) is 4.31. The third-order valence-corrected chi connectivity index (χ3v) is 5.80. The zero-order valence-corrected chi connectivity index (χ0v) is 15.9. The Hall–Kier alpha value is -2.93. The summed E-state index contributed by atoms with van der Waals surface area (Å²) in [6.07, 6.45) is 0.800. The molecule has 3 heterocycles. The minimum atomic E-state index is -0.756. The highest BCUT2D eigenvalue weighted by atomic mass is 32.1. The van der Waals surface area contributed by atoms with Crippen molar-refractivity contribution < 1.29 is 4.79 Å². The molecule has 0 saturated heterocycles. The summed E-state index contributed by atoms with van der Waals surface area (Å²) < 4.78 is 1.21. The van der Waals surface area contributed by atoms with E-state index in [4.69, 9.17) is 5.73 Å². The lowest BCUT2D eigenvalue weighted by molar-refractivity contribution is -0.121. The van der Waals surface area contributed by atoms with Gasteiger partial charge in [0, 0.05) is 11.7 Å². The van der Waals surface area contributed by atoms with Gasteiger partial charge < -0.3 is 10.6 Å². The van der Waals surface area contributed by atoms with Crippen LogP contribution < -0.4 is 16.2 Å². The number of nitrogens with zero attached hydrogens (tertiary/aromatic N) is 3. The molecule has 1 aliphatic heterocycles. The van der Waals surface area contributed by atoms with Crippen LogP contribution in [0, 0.1) is 0 Å². The molecule has 2 N–H and O–H groups in total. The van der Waals surface area contributed by atoms with Crippen molar-refractivity contribution >= 4 is 28.6 Å². The molecule has 0 bridgehead atoms. The average Bonchev–Trinajstić information content (AvgIpc) is 3.29. The van der Waals surface area contributed by atoms with E-state index in [2.05, 4.69) is 5.10 Å². The second-order valence-electron chi connectivity index (χ2n) is 6.78. The van der Waals surface area contributed by atoms with E-state index in [0.29, 0.717) is 5.69 Å². The summed E-state index contributed by atoms with van der Waals surface area (Å²) in [6, 6.07) is 12.5. The molecule has 1 aliphatic rings. The number of fused-ring (bicyclic) bond motifs is 1. The van der Waals surface area contributed by atoms with Crippen LogP contribution in [0.15, 0.2) is 52.6 Å². The van der Waals surface area contributed by atoms with Crippen LogP contribution in [0.3, 0.4) is 0 Å². The molecule has 138 valence electrons. The highest BCUT2D eigenvalue weighted by Gasteiger charge is 2.34. The summed E-state index contributed by atoms with van der Waals surface area (Å²) in [4.78, 5) is 28.5. The Morgan fingerprint density at radius 2 is 2.07 bits per heavy atom. The Morgan fingerprint density at radius 3 is 2.81 bits per heavy atom. The maximum Gasteiger partial charge on any atom is 0.290 e. The second kappa shape index (κ2) is 6.66. The van der Waals surface area contributed by atoms with Crippen molar-refractivity contribution in [1.82, 2.24) is 9.78 Å². The Morgan fingerprint density at radius 1 is 1.30 bits per heavy atom. The van der Waals surface area contributed by atoms with Crippen LogP contribution in [-0.4, -0.2) is 21.7 Å². The number of rotatable bonds is 3. The number of thiophene rings is 1. The number of nitrogen functional groups attached to an aromatic ring is 1. The van der Waals surface area contributed by atoms with E-state index in [1.165, 1.54) is 16.0 Å². The molecule has 2 aromatic heterocycles. The van der Waals surface area contributed by atoms with E-state index < -0.39 is 11.6 Å². The molecule has 0 unspecified atom stereocenters. The number of aromatic nitrogens is 2. The predicted octanol–water partition coefficient (Wildman–Crippen LogP) is 3.09. The van der Waals surface area contributed by atoms with Gasteiger partial charge in [0.15, 0.2) is 0 Å². The Labute approximate surface area is 160 Å². The van der Waals surface area contributed by atoms with Crippen LogP contribution >= 0.6 is 11.3 Å². The number of benzene rings is 1. The first-order valence-electron chi connectivity index (χ1n) is 8.81. The standard InChI is InChI=1S/C20H20N4O2S/c1-12-10-14-6-3-4-7-17(14)23(12)19(25)13(2)24-20(26)15(21)11-16(22-24)18-8-5-9-27-18/h3-9,11-13H,10,21H2,1-2H3/t12-,13+/m1/s1. The Balaban J connectivity index is 1.74. The molecule has 2 atom stereocenters. The van der Waals surface area contributed by atoms with Crippen LogP contribution in [-0.2, 0) is 11.2 Å². The van der Waals surface area contributed by atoms with Crippen LogP contribution in [0.4, 0.5) is 11.4 Å². The third-order valence-electron chi connectivity index (χ3n) is 4.91. The number of anilines is 2. The first-order chi connectivity index (χ1) is 13.0. The molecule has 4 rings (SSSR count). The first-order valence-corrected chi connectivity index (χ1v) is 9.69. The van der Waals surface area contributed by atoms with Crippen LogP contribution in [0.25, 0.3) is 10.6 Å². The third kappa shape index (κ3) is 2.94. The van der Waals surface area contributed by atoms with E-state index >= 15 is 0 Å². The zero-order valence-electron chi connectivity index (χ0n) is 15.1. The van der Waals surface area contributed by atoms with Gasteiger partial charge in [-0.05, 0) is 49.4 Å². The van der Waals surface area contributed by atoms with Crippen LogP contribution in [0.5, 0.6) is 0 Å². The van der Waals surface area contributed by atoms with E-state index in [9.17, 15) is 9.59 Å². The SMILES string of the molecule is C[C@@H]1Cc2ccccc2N1C(=O)[C@H](C)n1nc(-c2cccs2)cc(N)c1=O. The second-order valence-corrected chi connectivity index (χ2v) is 7.73. The molecule has 0 saturated carbocycles. The summed E-state index contributed by atoms with van der Waals surface area (Å²) in [5, 5.41) is 6.37. The molecule has 7 heteroatoms.